The predicted octanol–water partition coefficient (Wildman–Crippen LogP) is 2.08. The van der Waals surface area contributed by atoms with Crippen LogP contribution in [0.15, 0.2) is 35.3 Å². The van der Waals surface area contributed by atoms with Crippen molar-refractivity contribution in [1.82, 2.24) is 15.0 Å². The van der Waals surface area contributed by atoms with Gasteiger partial charge < -0.3 is 15.5 Å². The molecule has 3 heterocycles. The minimum absolute atomic E-state index is 0.128. The maximum absolute atomic E-state index is 12.0. The number of rotatable bonds is 4. The molecule has 2 unspecified atom stereocenters. The van der Waals surface area contributed by atoms with Crippen molar-refractivity contribution in [3.63, 3.8) is 0 Å². The lowest BCUT2D eigenvalue weighted by Crippen LogP contribution is -2.11. The molecular weight excluding hydrogens is 292 g/mol. The summed E-state index contributed by atoms with van der Waals surface area (Å²) in [6.45, 7) is 2.08. The lowest BCUT2D eigenvalue weighted by Gasteiger charge is -2.03. The van der Waals surface area contributed by atoms with Gasteiger partial charge in [0.2, 0.25) is 5.95 Å². The molecule has 0 amide bonds. The highest BCUT2D eigenvalue weighted by Gasteiger charge is 2.35. The highest BCUT2D eigenvalue weighted by molar-refractivity contribution is 5.79. The van der Waals surface area contributed by atoms with Gasteiger partial charge >= 0.3 is 0 Å². The molecule has 1 aliphatic rings. The average molecular weight is 310 g/mol. The number of hydrogen-bond acceptors (Lipinski definition) is 4. The van der Waals surface area contributed by atoms with Gasteiger partial charge in [-0.15, -0.1) is 0 Å². The highest BCUT2D eigenvalue weighted by Crippen LogP contribution is 2.38. The summed E-state index contributed by atoms with van der Waals surface area (Å²) in [4.78, 5) is 21.7. The first-order valence-electron chi connectivity index (χ1n) is 7.72. The van der Waals surface area contributed by atoms with Crippen molar-refractivity contribution < 1.29 is 4.74 Å². The lowest BCUT2D eigenvalue weighted by molar-refractivity contribution is 0.383. The molecule has 1 aromatic carbocycles. The monoisotopic (exact) mass is 310 g/mol. The maximum atomic E-state index is 12.0. The Kier molecular flexibility index (Phi) is 3.20. The number of aromatic amines is 2. The smallest absolute Gasteiger partial charge is 0.262 e. The number of epoxide rings is 1. The van der Waals surface area contributed by atoms with Crippen molar-refractivity contribution in [1.29, 1.82) is 0 Å². The van der Waals surface area contributed by atoms with E-state index in [9.17, 15) is 4.79 Å². The van der Waals surface area contributed by atoms with Crippen molar-refractivity contribution in [3.05, 3.63) is 57.5 Å². The topological polar surface area (TPSA) is 100 Å². The van der Waals surface area contributed by atoms with Gasteiger partial charge in [-0.1, -0.05) is 24.3 Å². The van der Waals surface area contributed by atoms with Crippen LogP contribution in [-0.4, -0.2) is 21.1 Å². The number of nitrogens with one attached hydrogen (secondary N) is 2. The first-order valence-corrected chi connectivity index (χ1v) is 7.72. The number of hydrogen-bond donors (Lipinski definition) is 3. The number of anilines is 1. The molecule has 2 atom stereocenters. The largest absolute Gasteiger partial charge is 0.369 e. The van der Waals surface area contributed by atoms with Crippen LogP contribution in [0.1, 0.15) is 29.7 Å². The molecule has 0 spiro atoms. The van der Waals surface area contributed by atoms with E-state index in [4.69, 9.17) is 10.5 Å². The summed E-state index contributed by atoms with van der Waals surface area (Å²) in [7, 11) is 0. The third-order valence-electron chi connectivity index (χ3n) is 4.34. The zero-order chi connectivity index (χ0) is 16.0. The van der Waals surface area contributed by atoms with E-state index in [1.165, 1.54) is 11.1 Å². The molecular formula is C17H18N4O2. The number of aryl methyl sites for hydroxylation is 2. The van der Waals surface area contributed by atoms with Gasteiger partial charge in [0.25, 0.3) is 5.56 Å². The van der Waals surface area contributed by atoms with Crippen molar-refractivity contribution >= 4 is 17.0 Å². The van der Waals surface area contributed by atoms with Crippen LogP contribution in [0, 0.1) is 0 Å². The van der Waals surface area contributed by atoms with E-state index in [2.05, 4.69) is 46.1 Å². The zero-order valence-electron chi connectivity index (χ0n) is 12.8. The van der Waals surface area contributed by atoms with E-state index < -0.39 is 0 Å². The molecule has 1 saturated heterocycles. The number of fused-ring (bicyclic) bond motifs is 1. The second-order valence-electron chi connectivity index (χ2n) is 5.99. The van der Waals surface area contributed by atoms with Crippen LogP contribution in [0.4, 0.5) is 5.95 Å². The first kappa shape index (κ1) is 14.0. The Morgan fingerprint density at radius 2 is 2.00 bits per heavy atom. The normalized spacial score (nSPS) is 20.0. The second-order valence-corrected chi connectivity index (χ2v) is 5.99. The highest BCUT2D eigenvalue weighted by atomic mass is 16.6. The molecule has 1 aliphatic heterocycles. The molecule has 0 bridgehead atoms. The van der Waals surface area contributed by atoms with E-state index in [1.807, 2.05) is 6.20 Å². The number of H-pyrrole nitrogens is 2. The SMILES string of the molecule is CC1OC1c1ccc(CCc2c[nH]c3nc(N)[nH]c(=O)c23)cc1. The standard InChI is InChI=1S/C17H18N4O2/c1-9-14(23-9)11-5-2-10(3-6-11)4-7-12-8-19-15-13(12)16(22)21-17(18)20-15/h2-3,5-6,8-9,14H,4,7H2,1H3,(H4,18,19,20,21,22). The maximum Gasteiger partial charge on any atom is 0.262 e. The molecule has 6 nitrogen and oxygen atoms in total. The fourth-order valence-electron chi connectivity index (χ4n) is 3.01. The summed E-state index contributed by atoms with van der Waals surface area (Å²) < 4.78 is 5.47. The Morgan fingerprint density at radius 3 is 2.70 bits per heavy atom. The van der Waals surface area contributed by atoms with E-state index in [0.29, 0.717) is 17.1 Å². The summed E-state index contributed by atoms with van der Waals surface area (Å²) >= 11 is 0. The summed E-state index contributed by atoms with van der Waals surface area (Å²) in [6.07, 6.45) is 4.05. The van der Waals surface area contributed by atoms with Gasteiger partial charge in [0, 0.05) is 6.20 Å². The molecule has 0 aliphatic carbocycles. The minimum Gasteiger partial charge on any atom is -0.369 e. The van der Waals surface area contributed by atoms with Crippen LogP contribution in [0.2, 0.25) is 0 Å². The molecule has 4 N–H and O–H groups in total. The Morgan fingerprint density at radius 1 is 1.26 bits per heavy atom. The average Bonchev–Trinajstić information content (AvgIpc) is 3.11. The number of ether oxygens (including phenoxy) is 1. The zero-order valence-corrected chi connectivity index (χ0v) is 12.8. The van der Waals surface area contributed by atoms with Crippen LogP contribution >= 0.6 is 0 Å². The Balaban J connectivity index is 1.52. The first-order chi connectivity index (χ1) is 11.1. The molecule has 2 aromatic heterocycles. The number of nitrogen functional groups attached to an aromatic ring is 1. The van der Waals surface area contributed by atoms with Crippen LogP contribution in [0.3, 0.4) is 0 Å². The number of aromatic nitrogens is 3. The van der Waals surface area contributed by atoms with Crippen LogP contribution in [0.5, 0.6) is 0 Å². The van der Waals surface area contributed by atoms with E-state index in [0.717, 1.165) is 18.4 Å². The summed E-state index contributed by atoms with van der Waals surface area (Å²) in [5.41, 5.74) is 9.31. The molecule has 0 radical (unpaired) electrons. The van der Waals surface area contributed by atoms with Crippen molar-refractivity contribution in [2.75, 3.05) is 5.73 Å². The number of nitrogens with two attached hydrogens (primary N) is 1. The summed E-state index contributed by atoms with van der Waals surface area (Å²) in [5, 5.41) is 0.594. The molecule has 3 aromatic rings. The van der Waals surface area contributed by atoms with Gasteiger partial charge in [-0.3, -0.25) is 9.78 Å². The Hall–Kier alpha value is -2.60. The Labute approximate surface area is 132 Å². The summed E-state index contributed by atoms with van der Waals surface area (Å²) in [5.74, 6) is 0.128. The third kappa shape index (κ3) is 2.61. The second kappa shape index (κ2) is 5.24. The van der Waals surface area contributed by atoms with Gasteiger partial charge in [0.15, 0.2) is 0 Å². The van der Waals surface area contributed by atoms with Gasteiger partial charge in [0.1, 0.15) is 11.8 Å². The minimum atomic E-state index is -0.195. The van der Waals surface area contributed by atoms with Crippen LogP contribution in [-0.2, 0) is 17.6 Å². The van der Waals surface area contributed by atoms with Crippen molar-refractivity contribution in [2.24, 2.45) is 0 Å². The van der Waals surface area contributed by atoms with E-state index in [-0.39, 0.29) is 17.6 Å². The van der Waals surface area contributed by atoms with Gasteiger partial charge in [-0.2, -0.15) is 4.98 Å². The van der Waals surface area contributed by atoms with Gasteiger partial charge in [-0.05, 0) is 36.5 Å². The number of nitrogens with zero attached hydrogens (tertiary/aromatic N) is 1. The van der Waals surface area contributed by atoms with Crippen LogP contribution < -0.4 is 11.3 Å². The van der Waals surface area contributed by atoms with Crippen molar-refractivity contribution in [3.8, 4) is 0 Å². The van der Waals surface area contributed by atoms with Crippen LogP contribution in [0.25, 0.3) is 11.0 Å². The quantitative estimate of drug-likeness (QED) is 0.642. The number of benzene rings is 1. The summed E-state index contributed by atoms with van der Waals surface area (Å²) in [6, 6.07) is 8.49. The Bertz CT molecular complexity index is 910. The molecule has 4 rings (SSSR count). The fraction of sp³-hybridized carbons (Fsp3) is 0.294. The van der Waals surface area contributed by atoms with E-state index in [1.54, 1.807) is 0 Å². The lowest BCUT2D eigenvalue weighted by atomic mass is 10.0. The molecule has 1 fully saturated rings. The molecule has 118 valence electrons. The van der Waals surface area contributed by atoms with Gasteiger partial charge in [-0.25, -0.2) is 0 Å². The third-order valence-corrected chi connectivity index (χ3v) is 4.34. The molecule has 23 heavy (non-hydrogen) atoms. The molecule has 0 saturated carbocycles. The van der Waals surface area contributed by atoms with E-state index >= 15 is 0 Å². The van der Waals surface area contributed by atoms with Crippen molar-refractivity contribution in [2.45, 2.75) is 32.0 Å². The predicted molar refractivity (Wildman–Crippen MR) is 88.3 cm³/mol. The molecule has 6 heteroatoms. The van der Waals surface area contributed by atoms with Gasteiger partial charge in [0.05, 0.1) is 11.5 Å². The fourth-order valence-corrected chi connectivity index (χ4v) is 3.01.